The molecule has 0 bridgehead atoms. The fourth-order valence-corrected chi connectivity index (χ4v) is 1.76. The summed E-state index contributed by atoms with van der Waals surface area (Å²) in [6, 6.07) is 7.84. The molecule has 0 aliphatic carbocycles. The number of hydrogen-bond acceptors (Lipinski definition) is 2. The first-order chi connectivity index (χ1) is 8.00. The van der Waals surface area contributed by atoms with Crippen LogP contribution in [0.25, 0.3) is 0 Å². The van der Waals surface area contributed by atoms with E-state index in [1.165, 1.54) is 18.5 Å². The molecule has 17 heavy (non-hydrogen) atoms. The van der Waals surface area contributed by atoms with Crippen molar-refractivity contribution < 1.29 is 0 Å². The minimum atomic E-state index is 0.124. The third-order valence-corrected chi connectivity index (χ3v) is 2.89. The van der Waals surface area contributed by atoms with Gasteiger partial charge in [0.1, 0.15) is 5.84 Å². The maximum atomic E-state index is 7.34. The van der Waals surface area contributed by atoms with E-state index in [0.717, 1.165) is 18.0 Å². The van der Waals surface area contributed by atoms with E-state index in [9.17, 15) is 0 Å². The van der Waals surface area contributed by atoms with Gasteiger partial charge in [-0.1, -0.05) is 13.8 Å². The molecule has 1 aromatic rings. The Morgan fingerprint density at radius 3 is 2.35 bits per heavy atom. The maximum Gasteiger partial charge on any atom is 0.122 e. The largest absolute Gasteiger partial charge is 0.384 e. The van der Waals surface area contributed by atoms with Crippen molar-refractivity contribution in [3.05, 3.63) is 29.8 Å². The molecule has 0 saturated carbocycles. The average molecular weight is 233 g/mol. The lowest BCUT2D eigenvalue weighted by Crippen LogP contribution is -2.19. The summed E-state index contributed by atoms with van der Waals surface area (Å²) in [4.78, 5) is 2.24. The number of nitrogens with zero attached hydrogens (tertiary/aromatic N) is 1. The van der Waals surface area contributed by atoms with Gasteiger partial charge >= 0.3 is 0 Å². The van der Waals surface area contributed by atoms with Crippen molar-refractivity contribution in [1.82, 2.24) is 0 Å². The van der Waals surface area contributed by atoms with Gasteiger partial charge in [0, 0.05) is 24.8 Å². The van der Waals surface area contributed by atoms with Gasteiger partial charge in [-0.25, -0.2) is 0 Å². The van der Waals surface area contributed by atoms with Gasteiger partial charge in [0.25, 0.3) is 0 Å². The number of rotatable bonds is 6. The minimum Gasteiger partial charge on any atom is -0.384 e. The Labute approximate surface area is 104 Å². The summed E-state index contributed by atoms with van der Waals surface area (Å²) < 4.78 is 0. The molecule has 0 aromatic heterocycles. The van der Waals surface area contributed by atoms with Gasteiger partial charge in [-0.2, -0.15) is 0 Å². The molecule has 0 aliphatic rings. The second-order valence-corrected chi connectivity index (χ2v) is 4.92. The fourth-order valence-electron chi connectivity index (χ4n) is 1.76. The first-order valence-corrected chi connectivity index (χ1v) is 6.16. The topological polar surface area (TPSA) is 53.1 Å². The van der Waals surface area contributed by atoms with Crippen LogP contribution in [0.5, 0.6) is 0 Å². The van der Waals surface area contributed by atoms with Crippen molar-refractivity contribution >= 4 is 11.5 Å². The predicted octanol–water partition coefficient (Wildman–Crippen LogP) is 2.84. The lowest BCUT2D eigenvalue weighted by atomic mass is 10.1. The first-order valence-electron chi connectivity index (χ1n) is 6.16. The van der Waals surface area contributed by atoms with E-state index in [2.05, 4.69) is 25.8 Å². The molecule has 94 valence electrons. The standard InChI is InChI=1S/C14H23N3/c1-11(2)5-4-10-17(3)13-8-6-12(7-9-13)14(15)16/h6-9,11H,4-5,10H2,1-3H3,(H3,15,16). The molecule has 0 saturated heterocycles. The van der Waals surface area contributed by atoms with Crippen LogP contribution in [0.15, 0.2) is 24.3 Å². The summed E-state index contributed by atoms with van der Waals surface area (Å²) in [6.07, 6.45) is 2.47. The number of hydrogen-bond donors (Lipinski definition) is 2. The molecule has 3 N–H and O–H groups in total. The van der Waals surface area contributed by atoms with Crippen molar-refractivity contribution in [1.29, 1.82) is 5.41 Å². The number of benzene rings is 1. The fraction of sp³-hybridized carbons (Fsp3) is 0.500. The van der Waals surface area contributed by atoms with Crippen LogP contribution in [-0.4, -0.2) is 19.4 Å². The van der Waals surface area contributed by atoms with Crippen molar-refractivity contribution in [3.63, 3.8) is 0 Å². The highest BCUT2D eigenvalue weighted by Gasteiger charge is 2.02. The summed E-state index contributed by atoms with van der Waals surface area (Å²) in [5.74, 6) is 0.891. The number of nitrogens with one attached hydrogen (secondary N) is 1. The maximum absolute atomic E-state index is 7.34. The van der Waals surface area contributed by atoms with Gasteiger partial charge in [-0.3, -0.25) is 5.41 Å². The zero-order valence-electron chi connectivity index (χ0n) is 11.0. The molecule has 0 fully saturated rings. The lowest BCUT2D eigenvalue weighted by Gasteiger charge is -2.20. The van der Waals surface area contributed by atoms with E-state index in [0.29, 0.717) is 0 Å². The molecule has 0 radical (unpaired) electrons. The van der Waals surface area contributed by atoms with Gasteiger partial charge in [-0.05, 0) is 43.0 Å². The highest BCUT2D eigenvalue weighted by Crippen LogP contribution is 2.15. The van der Waals surface area contributed by atoms with Crippen LogP contribution in [0.2, 0.25) is 0 Å². The quantitative estimate of drug-likeness (QED) is 0.586. The van der Waals surface area contributed by atoms with E-state index >= 15 is 0 Å². The highest BCUT2D eigenvalue weighted by molar-refractivity contribution is 5.95. The van der Waals surface area contributed by atoms with Gasteiger partial charge in [0.2, 0.25) is 0 Å². The van der Waals surface area contributed by atoms with E-state index in [1.54, 1.807) is 0 Å². The van der Waals surface area contributed by atoms with Crippen LogP contribution in [0, 0.1) is 11.3 Å². The summed E-state index contributed by atoms with van der Waals surface area (Å²) in [5.41, 5.74) is 7.38. The van der Waals surface area contributed by atoms with E-state index in [-0.39, 0.29) is 5.84 Å². The Morgan fingerprint density at radius 2 is 1.88 bits per heavy atom. The van der Waals surface area contributed by atoms with Gasteiger partial charge in [0.05, 0.1) is 0 Å². The minimum absolute atomic E-state index is 0.124. The van der Waals surface area contributed by atoms with Crippen LogP contribution >= 0.6 is 0 Å². The normalized spacial score (nSPS) is 10.6. The monoisotopic (exact) mass is 233 g/mol. The molecule has 0 amide bonds. The molecule has 0 unspecified atom stereocenters. The second kappa shape index (κ2) is 6.28. The summed E-state index contributed by atoms with van der Waals surface area (Å²) in [6.45, 7) is 5.57. The van der Waals surface area contributed by atoms with E-state index < -0.39 is 0 Å². The average Bonchev–Trinajstić information content (AvgIpc) is 2.28. The lowest BCUT2D eigenvalue weighted by molar-refractivity contribution is 0.556. The molecular weight excluding hydrogens is 210 g/mol. The molecule has 3 heteroatoms. The third kappa shape index (κ3) is 4.47. The summed E-state index contributed by atoms with van der Waals surface area (Å²) in [7, 11) is 2.10. The molecule has 0 atom stereocenters. The van der Waals surface area contributed by atoms with Gasteiger partial charge < -0.3 is 10.6 Å². The van der Waals surface area contributed by atoms with Crippen LogP contribution in [-0.2, 0) is 0 Å². The summed E-state index contributed by atoms with van der Waals surface area (Å²) in [5, 5.41) is 7.34. The molecule has 1 aromatic carbocycles. The molecule has 1 rings (SSSR count). The van der Waals surface area contributed by atoms with Gasteiger partial charge in [0.15, 0.2) is 0 Å². The molecule has 0 aliphatic heterocycles. The van der Waals surface area contributed by atoms with Crippen molar-refractivity contribution in [2.75, 3.05) is 18.5 Å². The number of nitrogen functional groups attached to an aromatic ring is 1. The molecule has 3 nitrogen and oxygen atoms in total. The summed E-state index contributed by atoms with van der Waals surface area (Å²) >= 11 is 0. The van der Waals surface area contributed by atoms with Gasteiger partial charge in [-0.15, -0.1) is 0 Å². The first kappa shape index (κ1) is 13.6. The predicted molar refractivity (Wildman–Crippen MR) is 74.8 cm³/mol. The zero-order chi connectivity index (χ0) is 12.8. The third-order valence-electron chi connectivity index (χ3n) is 2.89. The zero-order valence-corrected chi connectivity index (χ0v) is 11.0. The number of nitrogens with two attached hydrogens (primary N) is 1. The Bertz CT molecular complexity index is 354. The second-order valence-electron chi connectivity index (χ2n) is 4.92. The van der Waals surface area contributed by atoms with E-state index in [4.69, 9.17) is 11.1 Å². The SMILES string of the molecule is CC(C)CCCN(C)c1ccc(C(=N)N)cc1. The Hall–Kier alpha value is -1.51. The van der Waals surface area contributed by atoms with Crippen LogP contribution in [0.4, 0.5) is 5.69 Å². The van der Waals surface area contributed by atoms with Crippen molar-refractivity contribution in [2.45, 2.75) is 26.7 Å². The van der Waals surface area contributed by atoms with Crippen molar-refractivity contribution in [2.24, 2.45) is 11.7 Å². The highest BCUT2D eigenvalue weighted by atomic mass is 15.1. The van der Waals surface area contributed by atoms with Crippen molar-refractivity contribution in [3.8, 4) is 0 Å². The Balaban J connectivity index is 2.51. The number of anilines is 1. The van der Waals surface area contributed by atoms with E-state index in [1.807, 2.05) is 24.3 Å². The Morgan fingerprint density at radius 1 is 1.29 bits per heavy atom. The van der Waals surface area contributed by atoms with Crippen LogP contribution < -0.4 is 10.6 Å². The Kier molecular flexibility index (Phi) is 5.01. The smallest absolute Gasteiger partial charge is 0.122 e. The molecular formula is C14H23N3. The molecule has 0 spiro atoms. The number of amidine groups is 1. The van der Waals surface area contributed by atoms with Crippen LogP contribution in [0.3, 0.4) is 0 Å². The molecule has 0 heterocycles. The van der Waals surface area contributed by atoms with Crippen LogP contribution in [0.1, 0.15) is 32.3 Å².